The average Bonchev–Trinajstić information content (AvgIpc) is 2.55. The molecule has 0 unspecified atom stereocenters. The van der Waals surface area contributed by atoms with Gasteiger partial charge in [-0.3, -0.25) is 4.79 Å². The Balaban J connectivity index is 1.90. The first kappa shape index (κ1) is 17.1. The summed E-state index contributed by atoms with van der Waals surface area (Å²) in [5.41, 5.74) is 3.22. The smallest absolute Gasteiger partial charge is 0.224 e. The van der Waals surface area contributed by atoms with E-state index in [-0.39, 0.29) is 5.91 Å². The minimum absolute atomic E-state index is 0.0481. The predicted molar refractivity (Wildman–Crippen MR) is 95.1 cm³/mol. The molecule has 2 aromatic carbocycles. The van der Waals surface area contributed by atoms with Crippen LogP contribution in [0.4, 0.5) is 5.69 Å². The minimum atomic E-state index is 0.0481. The molecule has 0 saturated heterocycles. The topological polar surface area (TPSA) is 38.3 Å². The second kappa shape index (κ2) is 8.37. The first-order valence-corrected chi connectivity index (χ1v) is 8.20. The van der Waals surface area contributed by atoms with E-state index >= 15 is 0 Å². The lowest BCUT2D eigenvalue weighted by Crippen LogP contribution is -2.14. The minimum Gasteiger partial charge on any atom is -0.494 e. The van der Waals surface area contributed by atoms with Gasteiger partial charge in [0.15, 0.2) is 0 Å². The molecule has 122 valence electrons. The fourth-order valence-electron chi connectivity index (χ4n) is 2.50. The zero-order valence-corrected chi connectivity index (χ0v) is 14.1. The van der Waals surface area contributed by atoms with Gasteiger partial charge in [-0.1, -0.05) is 44.2 Å². The number of carbonyl (C=O) groups is 1. The van der Waals surface area contributed by atoms with E-state index in [0.29, 0.717) is 18.9 Å². The van der Waals surface area contributed by atoms with Crippen molar-refractivity contribution in [2.75, 3.05) is 11.9 Å². The molecule has 0 aromatic heterocycles. The Hall–Kier alpha value is -2.29. The van der Waals surface area contributed by atoms with Crippen LogP contribution in [0, 0.1) is 0 Å². The highest BCUT2D eigenvalue weighted by atomic mass is 16.5. The molecule has 1 amide bonds. The second-order valence-corrected chi connectivity index (χ2v) is 5.87. The zero-order chi connectivity index (χ0) is 16.7. The lowest BCUT2D eigenvalue weighted by molar-refractivity contribution is -0.116. The lowest BCUT2D eigenvalue weighted by atomic mass is 10.0. The Kier molecular flexibility index (Phi) is 6.21. The average molecular weight is 311 g/mol. The van der Waals surface area contributed by atoms with E-state index in [1.54, 1.807) is 0 Å². The van der Waals surface area contributed by atoms with Gasteiger partial charge in [0.2, 0.25) is 5.91 Å². The third-order valence-corrected chi connectivity index (χ3v) is 3.73. The van der Waals surface area contributed by atoms with Crippen LogP contribution in [-0.2, 0) is 11.2 Å². The molecule has 0 aliphatic carbocycles. The van der Waals surface area contributed by atoms with Gasteiger partial charge in [-0.2, -0.15) is 0 Å². The highest BCUT2D eigenvalue weighted by Gasteiger charge is 2.09. The number of hydrogen-bond donors (Lipinski definition) is 1. The molecule has 2 rings (SSSR count). The van der Waals surface area contributed by atoms with Gasteiger partial charge in [0.1, 0.15) is 5.75 Å². The third kappa shape index (κ3) is 5.13. The van der Waals surface area contributed by atoms with Crippen LogP contribution in [0.5, 0.6) is 5.75 Å². The maximum Gasteiger partial charge on any atom is 0.224 e. The number of nitrogens with one attached hydrogen (secondary N) is 1. The van der Waals surface area contributed by atoms with Crippen LogP contribution in [0.3, 0.4) is 0 Å². The van der Waals surface area contributed by atoms with Crippen molar-refractivity contribution >= 4 is 11.6 Å². The van der Waals surface area contributed by atoms with Gasteiger partial charge in [0, 0.05) is 12.1 Å². The Morgan fingerprint density at radius 1 is 1.09 bits per heavy atom. The predicted octanol–water partition coefficient (Wildman–Crippen LogP) is 4.78. The monoisotopic (exact) mass is 311 g/mol. The van der Waals surface area contributed by atoms with Gasteiger partial charge < -0.3 is 10.1 Å². The highest BCUT2D eigenvalue weighted by Crippen LogP contribution is 2.24. The summed E-state index contributed by atoms with van der Waals surface area (Å²) in [5, 5.41) is 3.03. The summed E-state index contributed by atoms with van der Waals surface area (Å²) >= 11 is 0. The molecule has 0 bridgehead atoms. The lowest BCUT2D eigenvalue weighted by Gasteiger charge is -2.13. The van der Waals surface area contributed by atoms with Gasteiger partial charge in [-0.15, -0.1) is 0 Å². The van der Waals surface area contributed by atoms with E-state index in [0.717, 1.165) is 23.4 Å². The highest BCUT2D eigenvalue weighted by molar-refractivity contribution is 5.91. The van der Waals surface area contributed by atoms with Crippen LogP contribution < -0.4 is 10.1 Å². The van der Waals surface area contributed by atoms with Crippen molar-refractivity contribution in [2.24, 2.45) is 0 Å². The molecular formula is C20H25NO2. The van der Waals surface area contributed by atoms with E-state index in [2.05, 4.69) is 25.2 Å². The maximum atomic E-state index is 12.2. The van der Waals surface area contributed by atoms with Crippen molar-refractivity contribution in [1.29, 1.82) is 0 Å². The summed E-state index contributed by atoms with van der Waals surface area (Å²) in [6.45, 7) is 6.89. The van der Waals surface area contributed by atoms with Gasteiger partial charge in [-0.25, -0.2) is 0 Å². The molecule has 2 aromatic rings. The normalized spacial score (nSPS) is 10.6. The van der Waals surface area contributed by atoms with Crippen LogP contribution in [0.1, 0.15) is 44.2 Å². The number of aryl methyl sites for hydroxylation is 1. The fraction of sp³-hybridized carbons (Fsp3) is 0.350. The van der Waals surface area contributed by atoms with E-state index in [1.807, 2.05) is 49.4 Å². The maximum absolute atomic E-state index is 12.2. The molecule has 0 aliphatic rings. The van der Waals surface area contributed by atoms with E-state index in [9.17, 15) is 4.79 Å². The molecule has 23 heavy (non-hydrogen) atoms. The van der Waals surface area contributed by atoms with Crippen molar-refractivity contribution < 1.29 is 9.53 Å². The van der Waals surface area contributed by atoms with Gasteiger partial charge in [-0.05, 0) is 48.6 Å². The number of hydrogen-bond acceptors (Lipinski definition) is 2. The van der Waals surface area contributed by atoms with E-state index in [4.69, 9.17) is 4.74 Å². The number of anilines is 1. The van der Waals surface area contributed by atoms with Crippen LogP contribution in [0.2, 0.25) is 0 Å². The van der Waals surface area contributed by atoms with Crippen molar-refractivity contribution in [1.82, 2.24) is 0 Å². The molecule has 3 nitrogen and oxygen atoms in total. The number of amides is 1. The molecule has 0 spiro atoms. The van der Waals surface area contributed by atoms with Crippen molar-refractivity contribution in [3.63, 3.8) is 0 Å². The molecule has 0 saturated carbocycles. The van der Waals surface area contributed by atoms with Gasteiger partial charge in [0.05, 0.1) is 6.61 Å². The molecule has 0 fully saturated rings. The largest absolute Gasteiger partial charge is 0.494 e. The summed E-state index contributed by atoms with van der Waals surface area (Å²) in [6, 6.07) is 15.9. The Morgan fingerprint density at radius 3 is 2.43 bits per heavy atom. The first-order valence-electron chi connectivity index (χ1n) is 8.20. The van der Waals surface area contributed by atoms with Crippen LogP contribution >= 0.6 is 0 Å². The fourth-order valence-corrected chi connectivity index (χ4v) is 2.50. The van der Waals surface area contributed by atoms with Crippen LogP contribution in [0.25, 0.3) is 0 Å². The Bertz CT molecular complexity index is 632. The molecule has 0 atom stereocenters. The quantitative estimate of drug-likeness (QED) is 0.799. The molecule has 0 aliphatic heterocycles. The first-order chi connectivity index (χ1) is 11.1. The SMILES string of the molecule is CCOc1ccc(CCC(=O)Nc2ccccc2C(C)C)cc1. The molecular weight excluding hydrogens is 286 g/mol. The molecule has 3 heteroatoms. The van der Waals surface area contributed by atoms with Crippen molar-refractivity contribution in [3.05, 3.63) is 59.7 Å². The summed E-state index contributed by atoms with van der Waals surface area (Å²) < 4.78 is 5.42. The molecule has 1 N–H and O–H groups in total. The number of ether oxygens (including phenoxy) is 1. The van der Waals surface area contributed by atoms with Crippen LogP contribution in [0.15, 0.2) is 48.5 Å². The van der Waals surface area contributed by atoms with Gasteiger partial charge >= 0.3 is 0 Å². The Labute approximate surface area is 138 Å². The van der Waals surface area contributed by atoms with Gasteiger partial charge in [0.25, 0.3) is 0 Å². The van der Waals surface area contributed by atoms with Crippen LogP contribution in [-0.4, -0.2) is 12.5 Å². The molecule has 0 heterocycles. The second-order valence-electron chi connectivity index (χ2n) is 5.87. The summed E-state index contributed by atoms with van der Waals surface area (Å²) in [5.74, 6) is 1.30. The number of carbonyl (C=O) groups excluding carboxylic acids is 1. The zero-order valence-electron chi connectivity index (χ0n) is 14.1. The molecule has 0 radical (unpaired) electrons. The van der Waals surface area contributed by atoms with E-state index in [1.165, 1.54) is 5.56 Å². The standard InChI is InChI=1S/C20H25NO2/c1-4-23-17-12-9-16(10-13-17)11-14-20(22)21-19-8-6-5-7-18(19)15(2)3/h5-10,12-13,15H,4,11,14H2,1-3H3,(H,21,22). The summed E-state index contributed by atoms with van der Waals surface area (Å²) in [6.07, 6.45) is 1.20. The number of rotatable bonds is 7. The Morgan fingerprint density at radius 2 is 1.78 bits per heavy atom. The third-order valence-electron chi connectivity index (χ3n) is 3.73. The van der Waals surface area contributed by atoms with E-state index < -0.39 is 0 Å². The summed E-state index contributed by atoms with van der Waals surface area (Å²) in [7, 11) is 0. The number of benzene rings is 2. The summed E-state index contributed by atoms with van der Waals surface area (Å²) in [4.78, 5) is 12.2. The van der Waals surface area contributed by atoms with Crippen molar-refractivity contribution in [3.8, 4) is 5.75 Å². The number of para-hydroxylation sites is 1. The van der Waals surface area contributed by atoms with Crippen molar-refractivity contribution in [2.45, 2.75) is 39.5 Å².